The van der Waals surface area contributed by atoms with E-state index < -0.39 is 21.7 Å². The monoisotopic (exact) mass is 296 g/mol. The van der Waals surface area contributed by atoms with Gasteiger partial charge in [0.25, 0.3) is 0 Å². The predicted octanol–water partition coefficient (Wildman–Crippen LogP) is -1.20. The highest BCUT2D eigenvalue weighted by Gasteiger charge is 2.21. The van der Waals surface area contributed by atoms with Crippen LogP contribution in [0.15, 0.2) is 43.4 Å². The molecule has 0 aromatic heterocycles. The number of hydrogen-bond acceptors (Lipinski definition) is 6. The highest BCUT2D eigenvalue weighted by atomic mass is 16.2. The van der Waals surface area contributed by atoms with Gasteiger partial charge in [-0.15, -0.1) is 0 Å². The van der Waals surface area contributed by atoms with E-state index in [0.717, 1.165) is 24.3 Å². The second kappa shape index (κ2) is 4.63. The van der Waals surface area contributed by atoms with E-state index in [-0.39, 0.29) is 32.7 Å². The van der Waals surface area contributed by atoms with Gasteiger partial charge >= 0.3 is 0 Å². The summed E-state index contributed by atoms with van der Waals surface area (Å²) in [5.74, 6) is 0. The summed E-state index contributed by atoms with van der Waals surface area (Å²) in [7, 11) is 0. The van der Waals surface area contributed by atoms with E-state index >= 15 is 0 Å². The Morgan fingerprint density at radius 3 is 1.23 bits per heavy atom. The van der Waals surface area contributed by atoms with Crippen molar-refractivity contribution < 1.29 is 10.2 Å². The van der Waals surface area contributed by atoms with Crippen LogP contribution in [0, 0.1) is 0 Å². The fourth-order valence-electron chi connectivity index (χ4n) is 2.44. The summed E-state index contributed by atoms with van der Waals surface area (Å²) in [5, 5.41) is 17.7. The standard InChI is InChI=1S/C16H8O6/c17-5-7-1-9-11(3-13(7)19)16(22)10-2-8(6-18)14(20)4-12(10)15(9)21/h1-6,17-18H. The van der Waals surface area contributed by atoms with E-state index in [1.54, 1.807) is 0 Å². The van der Waals surface area contributed by atoms with E-state index in [2.05, 4.69) is 0 Å². The third-order valence-electron chi connectivity index (χ3n) is 3.56. The highest BCUT2D eigenvalue weighted by Crippen LogP contribution is 2.17. The Kier molecular flexibility index (Phi) is 2.88. The van der Waals surface area contributed by atoms with Crippen molar-refractivity contribution in [3.63, 3.8) is 0 Å². The molecule has 0 fully saturated rings. The lowest BCUT2D eigenvalue weighted by atomic mass is 9.91. The van der Waals surface area contributed by atoms with Gasteiger partial charge in [0.2, 0.25) is 0 Å². The molecule has 22 heavy (non-hydrogen) atoms. The first-order valence-corrected chi connectivity index (χ1v) is 6.22. The molecule has 108 valence electrons. The largest absolute Gasteiger partial charge is 0.515 e. The van der Waals surface area contributed by atoms with Crippen molar-refractivity contribution in [2.24, 2.45) is 0 Å². The summed E-state index contributed by atoms with van der Waals surface area (Å²) in [6.45, 7) is 0. The van der Waals surface area contributed by atoms with Gasteiger partial charge in [-0.1, -0.05) is 0 Å². The molecule has 3 aliphatic rings. The van der Waals surface area contributed by atoms with E-state index in [4.69, 9.17) is 10.2 Å². The van der Waals surface area contributed by atoms with Crippen molar-refractivity contribution in [2.75, 3.05) is 0 Å². The Bertz CT molecular complexity index is 1070. The van der Waals surface area contributed by atoms with Crippen molar-refractivity contribution in [2.45, 2.75) is 0 Å². The van der Waals surface area contributed by atoms with Crippen LogP contribution in [0.2, 0.25) is 0 Å². The van der Waals surface area contributed by atoms with Gasteiger partial charge in [0, 0.05) is 22.3 Å². The summed E-state index contributed by atoms with van der Waals surface area (Å²) < 4.78 is 0. The zero-order valence-electron chi connectivity index (χ0n) is 11.0. The van der Waals surface area contributed by atoms with E-state index in [0.29, 0.717) is 12.5 Å². The second-order valence-electron chi connectivity index (χ2n) is 4.79. The number of aliphatic hydroxyl groups excluding tert-OH is 2. The van der Waals surface area contributed by atoms with Crippen molar-refractivity contribution in [3.05, 3.63) is 75.6 Å². The number of hydrogen-bond donors (Lipinski definition) is 2. The third kappa shape index (κ3) is 1.74. The van der Waals surface area contributed by atoms with Gasteiger partial charge in [0.1, 0.15) is 0 Å². The lowest BCUT2D eigenvalue weighted by Gasteiger charge is -2.09. The molecule has 6 nitrogen and oxygen atoms in total. The molecule has 0 atom stereocenters. The molecule has 3 aliphatic carbocycles. The number of rotatable bonds is 0. The highest BCUT2D eigenvalue weighted by molar-refractivity contribution is 5.79. The van der Waals surface area contributed by atoms with Crippen molar-refractivity contribution in [1.82, 2.24) is 0 Å². The normalized spacial score (nSPS) is 13.3. The Hall–Kier alpha value is -3.28. The molecule has 0 aromatic rings. The Balaban J connectivity index is 2.70. The van der Waals surface area contributed by atoms with Crippen LogP contribution < -0.4 is 32.2 Å². The Labute approximate surface area is 121 Å². The smallest absolute Gasteiger partial charge is 0.194 e. The Morgan fingerprint density at radius 2 is 0.909 bits per heavy atom. The third-order valence-corrected chi connectivity index (χ3v) is 3.56. The number of fused-ring (bicyclic) bond motifs is 2. The maximum atomic E-state index is 12.4. The predicted molar refractivity (Wildman–Crippen MR) is 80.6 cm³/mol. The molecular formula is C16H8O6. The summed E-state index contributed by atoms with van der Waals surface area (Å²) in [6.07, 6.45) is 1.11. The average Bonchev–Trinajstić information content (AvgIpc) is 2.52. The zero-order chi connectivity index (χ0) is 16.0. The van der Waals surface area contributed by atoms with Crippen LogP contribution in [-0.2, 0) is 0 Å². The fourth-order valence-corrected chi connectivity index (χ4v) is 2.44. The molecule has 0 radical (unpaired) electrons. The SMILES string of the molecule is O=c1c2cc(=O)c(=CO)cc-2c(=O)c2cc(=O)c(=CO)cc1-2. The molecule has 0 spiro atoms. The minimum atomic E-state index is -0.597. The first-order chi connectivity index (χ1) is 10.5. The van der Waals surface area contributed by atoms with Crippen LogP contribution >= 0.6 is 0 Å². The minimum Gasteiger partial charge on any atom is -0.515 e. The molecule has 3 rings (SSSR count). The molecule has 6 heteroatoms. The first-order valence-electron chi connectivity index (χ1n) is 6.22. The summed E-state index contributed by atoms with van der Waals surface area (Å²) in [6, 6.07) is 4.21. The van der Waals surface area contributed by atoms with E-state index in [1.807, 2.05) is 0 Å². The molecule has 2 N–H and O–H groups in total. The first kappa shape index (κ1) is 13.7. The van der Waals surface area contributed by atoms with E-state index in [1.165, 1.54) is 0 Å². The van der Waals surface area contributed by atoms with Gasteiger partial charge < -0.3 is 10.2 Å². The maximum Gasteiger partial charge on any atom is 0.194 e. The molecule has 0 aromatic carbocycles. The lowest BCUT2D eigenvalue weighted by molar-refractivity contribution is 0.539. The lowest BCUT2D eigenvalue weighted by Crippen LogP contribution is -2.34. The van der Waals surface area contributed by atoms with Crippen molar-refractivity contribution >= 4 is 12.5 Å². The molecule has 0 bridgehead atoms. The van der Waals surface area contributed by atoms with Gasteiger partial charge in [-0.25, -0.2) is 0 Å². The van der Waals surface area contributed by atoms with Gasteiger partial charge in [-0.2, -0.15) is 0 Å². The number of aliphatic hydroxyl groups is 2. The average molecular weight is 296 g/mol. The summed E-state index contributed by atoms with van der Waals surface area (Å²) >= 11 is 0. The number of benzene rings is 3. The Morgan fingerprint density at radius 1 is 0.591 bits per heavy atom. The van der Waals surface area contributed by atoms with Gasteiger partial charge in [-0.05, 0) is 24.3 Å². The fraction of sp³-hybridized carbons (Fsp3) is 0. The minimum absolute atomic E-state index is 0.0440. The topological polar surface area (TPSA) is 109 Å². The summed E-state index contributed by atoms with van der Waals surface area (Å²) in [4.78, 5) is 48.3. The molecule has 0 saturated carbocycles. The molecule has 0 heterocycles. The van der Waals surface area contributed by atoms with Crippen LogP contribution in [0.25, 0.3) is 34.8 Å². The van der Waals surface area contributed by atoms with Crippen molar-refractivity contribution in [3.8, 4) is 22.3 Å². The van der Waals surface area contributed by atoms with E-state index in [9.17, 15) is 19.2 Å². The van der Waals surface area contributed by atoms with Gasteiger partial charge in [0.15, 0.2) is 21.7 Å². The molecule has 0 aliphatic heterocycles. The van der Waals surface area contributed by atoms with Crippen LogP contribution in [0.3, 0.4) is 0 Å². The molecule has 0 unspecified atom stereocenters. The van der Waals surface area contributed by atoms with Crippen LogP contribution in [0.1, 0.15) is 0 Å². The van der Waals surface area contributed by atoms with Crippen LogP contribution in [-0.4, -0.2) is 10.2 Å². The van der Waals surface area contributed by atoms with Gasteiger partial charge in [0.05, 0.1) is 23.0 Å². The van der Waals surface area contributed by atoms with Crippen molar-refractivity contribution in [1.29, 1.82) is 0 Å². The summed E-state index contributed by atoms with van der Waals surface area (Å²) in [5.41, 5.74) is -2.63. The maximum absolute atomic E-state index is 12.4. The molecule has 0 saturated heterocycles. The second-order valence-corrected chi connectivity index (χ2v) is 4.79. The van der Waals surface area contributed by atoms with Crippen LogP contribution in [0.5, 0.6) is 0 Å². The van der Waals surface area contributed by atoms with Gasteiger partial charge in [-0.3, -0.25) is 19.2 Å². The zero-order valence-corrected chi connectivity index (χ0v) is 11.0. The van der Waals surface area contributed by atoms with Crippen LogP contribution in [0.4, 0.5) is 0 Å². The molecule has 0 amide bonds. The molecular weight excluding hydrogens is 288 g/mol. The quantitative estimate of drug-likeness (QED) is 0.505.